The highest BCUT2D eigenvalue weighted by Gasteiger charge is 2.51. The van der Waals surface area contributed by atoms with E-state index in [4.69, 9.17) is 14.0 Å². The van der Waals surface area contributed by atoms with Gasteiger partial charge in [-0.05, 0) is 64.1 Å². The van der Waals surface area contributed by atoms with Crippen molar-refractivity contribution in [2.75, 3.05) is 13.7 Å². The normalized spacial score (nSPS) is 21.7. The quantitative estimate of drug-likeness (QED) is 0.615. The van der Waals surface area contributed by atoms with Gasteiger partial charge in [0.2, 0.25) is 5.91 Å². The minimum atomic E-state index is -0.715. The molecule has 9 nitrogen and oxygen atoms in total. The van der Waals surface area contributed by atoms with Crippen LogP contribution in [0, 0.1) is 5.92 Å². The minimum Gasteiger partial charge on any atom is -0.453 e. The topological polar surface area (TPSA) is 110 Å². The lowest BCUT2D eigenvalue weighted by Gasteiger charge is -2.32. The number of ether oxygens (including phenoxy) is 1. The Hall–Kier alpha value is -2.85. The number of nitrogens with zero attached hydrogens (tertiary/aromatic N) is 1. The van der Waals surface area contributed by atoms with Gasteiger partial charge in [0.25, 0.3) is 0 Å². The van der Waals surface area contributed by atoms with Gasteiger partial charge in [-0.3, -0.25) is 9.59 Å². The number of fused-ring (bicyclic) bond motifs is 1. The number of nitrogens with one attached hydrogen (secondary N) is 2. The maximum atomic E-state index is 13.4. The molecule has 2 fully saturated rings. The number of carbonyl (C=O) groups is 2. The van der Waals surface area contributed by atoms with E-state index >= 15 is 0 Å². The molecule has 1 aromatic carbocycles. The molecule has 36 heavy (non-hydrogen) atoms. The van der Waals surface area contributed by atoms with Crippen molar-refractivity contribution in [1.82, 2.24) is 15.2 Å². The van der Waals surface area contributed by atoms with Crippen molar-refractivity contribution in [3.05, 3.63) is 40.2 Å². The molecule has 2 amide bonds. The number of methoxy groups -OCH3 is 1. The largest absolute Gasteiger partial charge is 0.494 e. The number of pyridine rings is 1. The summed E-state index contributed by atoms with van der Waals surface area (Å²) in [5.74, 6) is -0.308. The van der Waals surface area contributed by atoms with Crippen molar-refractivity contribution in [3.8, 4) is 0 Å². The maximum Gasteiger partial charge on any atom is 0.494 e. The molecule has 0 aliphatic carbocycles. The lowest BCUT2D eigenvalue weighted by atomic mass is 9.78. The summed E-state index contributed by atoms with van der Waals surface area (Å²) in [6, 6.07) is 6.15. The lowest BCUT2D eigenvalue weighted by molar-refractivity contribution is -0.135. The molecular formula is C26H36BN3O6. The zero-order chi connectivity index (χ0) is 26.4. The van der Waals surface area contributed by atoms with Crippen molar-refractivity contribution in [1.29, 1.82) is 0 Å². The SMILES string of the molecule is COC(=O)NC(C(=O)N1CCCC1c1cc(=O)c2cc(B3OC(C)(C)C(C)(C)O3)ccc2[nH]1)C(C)C. The molecule has 2 atom stereocenters. The van der Waals surface area contributed by atoms with E-state index in [2.05, 4.69) is 10.3 Å². The maximum absolute atomic E-state index is 13.4. The van der Waals surface area contributed by atoms with E-state index < -0.39 is 30.5 Å². The molecule has 194 valence electrons. The van der Waals surface area contributed by atoms with Crippen molar-refractivity contribution >= 4 is 35.5 Å². The number of aromatic nitrogens is 1. The fourth-order valence-corrected chi connectivity index (χ4v) is 4.82. The third-order valence-electron chi connectivity index (χ3n) is 7.69. The molecule has 3 heterocycles. The smallest absolute Gasteiger partial charge is 0.453 e. The number of alkyl carbamates (subject to hydrolysis) is 1. The molecule has 2 aromatic rings. The highest BCUT2D eigenvalue weighted by molar-refractivity contribution is 6.62. The third-order valence-corrected chi connectivity index (χ3v) is 7.69. The zero-order valence-corrected chi connectivity index (χ0v) is 22.1. The number of carbonyl (C=O) groups excluding carboxylic acids is 2. The van der Waals surface area contributed by atoms with Crippen LogP contribution in [-0.4, -0.2) is 59.9 Å². The lowest BCUT2D eigenvalue weighted by Crippen LogP contribution is -2.51. The van der Waals surface area contributed by atoms with Crippen molar-refractivity contribution in [2.45, 2.75) is 77.7 Å². The Labute approximate surface area is 212 Å². The Bertz CT molecular complexity index is 1210. The van der Waals surface area contributed by atoms with Gasteiger partial charge in [-0.1, -0.05) is 19.9 Å². The molecular weight excluding hydrogens is 461 g/mol. The summed E-state index contributed by atoms with van der Waals surface area (Å²) < 4.78 is 17.0. The molecule has 0 bridgehead atoms. The molecule has 0 spiro atoms. The highest BCUT2D eigenvalue weighted by Crippen LogP contribution is 2.37. The second-order valence-electron chi connectivity index (χ2n) is 11.0. The molecule has 2 saturated heterocycles. The van der Waals surface area contributed by atoms with Crippen LogP contribution in [0.2, 0.25) is 0 Å². The zero-order valence-electron chi connectivity index (χ0n) is 22.1. The van der Waals surface area contributed by atoms with Gasteiger partial charge in [-0.2, -0.15) is 0 Å². The first kappa shape index (κ1) is 26.2. The first-order valence-electron chi connectivity index (χ1n) is 12.5. The molecule has 2 aliphatic rings. The van der Waals surface area contributed by atoms with Gasteiger partial charge < -0.3 is 29.2 Å². The molecule has 2 unspecified atom stereocenters. The van der Waals surface area contributed by atoms with Gasteiger partial charge in [0.1, 0.15) is 6.04 Å². The standard InChI is InChI=1S/C26H36BN3O6/c1-15(2)22(29-24(33)34-7)23(32)30-12-8-9-20(30)19-14-21(31)17-13-16(10-11-18(17)28-19)27-35-25(3,4)26(5,6)36-27/h10-11,13-15,20,22H,8-9,12H2,1-7H3,(H,28,31)(H,29,33). The summed E-state index contributed by atoms with van der Waals surface area (Å²) in [7, 11) is 0.713. The van der Waals surface area contributed by atoms with Crippen LogP contribution in [0.1, 0.15) is 66.1 Å². The van der Waals surface area contributed by atoms with Crippen LogP contribution in [0.4, 0.5) is 4.79 Å². The second kappa shape index (κ2) is 9.55. The molecule has 0 saturated carbocycles. The predicted octanol–water partition coefficient (Wildman–Crippen LogP) is 2.87. The average Bonchev–Trinajstić information content (AvgIpc) is 3.38. The summed E-state index contributed by atoms with van der Waals surface area (Å²) in [5.41, 5.74) is 1.07. The van der Waals surface area contributed by atoms with Gasteiger partial charge in [0.15, 0.2) is 5.43 Å². The number of benzene rings is 1. The van der Waals surface area contributed by atoms with E-state index in [1.807, 2.05) is 59.7 Å². The Morgan fingerprint density at radius 3 is 2.44 bits per heavy atom. The van der Waals surface area contributed by atoms with E-state index in [0.29, 0.717) is 23.1 Å². The van der Waals surface area contributed by atoms with Crippen LogP contribution < -0.4 is 16.2 Å². The van der Waals surface area contributed by atoms with Gasteiger partial charge >= 0.3 is 13.2 Å². The van der Waals surface area contributed by atoms with E-state index in [-0.39, 0.29) is 23.3 Å². The molecule has 1 aromatic heterocycles. The molecule has 10 heteroatoms. The monoisotopic (exact) mass is 497 g/mol. The van der Waals surface area contributed by atoms with Crippen LogP contribution in [0.5, 0.6) is 0 Å². The van der Waals surface area contributed by atoms with Crippen LogP contribution in [0.3, 0.4) is 0 Å². The first-order chi connectivity index (χ1) is 16.8. The Morgan fingerprint density at radius 1 is 1.17 bits per heavy atom. The first-order valence-corrected chi connectivity index (χ1v) is 12.5. The van der Waals surface area contributed by atoms with Crippen LogP contribution >= 0.6 is 0 Å². The van der Waals surface area contributed by atoms with E-state index in [9.17, 15) is 14.4 Å². The summed E-state index contributed by atoms with van der Waals surface area (Å²) in [4.78, 5) is 43.5. The predicted molar refractivity (Wildman–Crippen MR) is 138 cm³/mol. The van der Waals surface area contributed by atoms with Crippen LogP contribution in [-0.2, 0) is 18.8 Å². The number of aromatic amines is 1. The second-order valence-corrected chi connectivity index (χ2v) is 11.0. The Balaban J connectivity index is 1.62. The van der Waals surface area contributed by atoms with Gasteiger partial charge in [-0.25, -0.2) is 4.79 Å². The number of likely N-dealkylation sites (tertiary alicyclic amines) is 1. The number of rotatable bonds is 5. The molecule has 4 rings (SSSR count). The summed E-state index contributed by atoms with van der Waals surface area (Å²) in [6.07, 6.45) is 0.887. The van der Waals surface area contributed by atoms with E-state index in [1.165, 1.54) is 7.11 Å². The van der Waals surface area contributed by atoms with Crippen molar-refractivity contribution in [2.24, 2.45) is 5.92 Å². The number of hydrogen-bond acceptors (Lipinski definition) is 6. The average molecular weight is 497 g/mol. The third kappa shape index (κ3) is 4.76. The fraction of sp³-hybridized carbons (Fsp3) is 0.577. The summed E-state index contributed by atoms with van der Waals surface area (Å²) >= 11 is 0. The summed E-state index contributed by atoms with van der Waals surface area (Å²) in [6.45, 7) is 12.3. The fourth-order valence-electron chi connectivity index (χ4n) is 4.82. The summed E-state index contributed by atoms with van der Waals surface area (Å²) in [5, 5.41) is 3.19. The molecule has 2 aliphatic heterocycles. The number of amides is 2. The Morgan fingerprint density at radius 2 is 1.83 bits per heavy atom. The van der Waals surface area contributed by atoms with E-state index in [1.54, 1.807) is 11.0 Å². The highest BCUT2D eigenvalue weighted by atomic mass is 16.7. The van der Waals surface area contributed by atoms with Gasteiger partial charge in [0, 0.05) is 29.2 Å². The number of hydrogen-bond donors (Lipinski definition) is 2. The van der Waals surface area contributed by atoms with Crippen molar-refractivity contribution in [3.63, 3.8) is 0 Å². The molecule has 0 radical (unpaired) electrons. The molecule has 2 N–H and O–H groups in total. The number of H-pyrrole nitrogens is 1. The minimum absolute atomic E-state index is 0.123. The van der Waals surface area contributed by atoms with Gasteiger partial charge in [0.05, 0.1) is 24.4 Å². The van der Waals surface area contributed by atoms with Crippen LogP contribution in [0.15, 0.2) is 29.1 Å². The van der Waals surface area contributed by atoms with Crippen LogP contribution in [0.25, 0.3) is 10.9 Å². The van der Waals surface area contributed by atoms with Crippen molar-refractivity contribution < 1.29 is 23.6 Å². The van der Waals surface area contributed by atoms with E-state index in [0.717, 1.165) is 18.3 Å². The van der Waals surface area contributed by atoms with Gasteiger partial charge in [-0.15, -0.1) is 0 Å². The Kier molecular flexibility index (Phi) is 6.96.